The van der Waals surface area contributed by atoms with E-state index in [2.05, 4.69) is 172 Å². The summed E-state index contributed by atoms with van der Waals surface area (Å²) in [5.74, 6) is 2.27. The number of aromatic nitrogens is 4. The zero-order valence-electron chi connectivity index (χ0n) is 70.1. The summed E-state index contributed by atoms with van der Waals surface area (Å²) < 4.78 is 26.1. The normalized spacial score (nSPS) is 10.5. The molecule has 9 aromatic carbocycles. The summed E-state index contributed by atoms with van der Waals surface area (Å²) in [4.78, 5) is 16.4. The molecule has 0 aliphatic rings. The fourth-order valence-corrected chi connectivity index (χ4v) is 19.0. The standard InChI is InChI=1S/C18H13ClO.C12H17N.C10H12.C9H7NO.C8H10O2.2C6H3Cl2N.3C6H8N.2C5H10.Mo.2W/c19-15-11-16(13-7-3-1-4-8-13)18(20)17(12-15)14-9-5-2-6-10-14;1-8(2)10-6-5-7-11(9(3)4)12(10)13;1-10(2,3)9-7-5-4-6-8-9;11-8-5-1-3-7-4-2-6-10-9(7)8;1-6-4-3-5-7(10-2)8(6)9;2*7-4-2-1-3-5(8)6(4)9;3*1-5-3-4-6(2)7-5;2*1-5(2,3)4;;;/h1-12,20H;5-9H,1-4H3;1,4-8H,2-3H3;1-6,11H;3-5,9H,1-2H3;2*1-3H;3*3-4H,1-2H3;2*1H,2-4H3;;;/q;;;;;;;3*-1;;;;;. The minimum absolute atomic E-state index is 0.0811. The minimum Gasteiger partial charge on any atom is -0.665 e. The summed E-state index contributed by atoms with van der Waals surface area (Å²) >= 11 is 28.0. The van der Waals surface area contributed by atoms with E-state index in [4.69, 9.17) is 66.2 Å². The van der Waals surface area contributed by atoms with Crippen molar-refractivity contribution >= 4 is 99.2 Å². The van der Waals surface area contributed by atoms with Gasteiger partial charge in [-0.1, -0.05) is 181 Å². The summed E-state index contributed by atoms with van der Waals surface area (Å²) in [5.41, 5.74) is 19.0. The molecule has 19 heteroatoms. The molecular formula is C97H109Cl5MoN7O4W2-3. The molecule has 0 amide bonds. The average Bonchev–Trinajstić information content (AvgIpc) is 1.17. The maximum absolute atomic E-state index is 10.6. The van der Waals surface area contributed by atoms with Gasteiger partial charge in [0.1, 0.15) is 17.0 Å². The van der Waals surface area contributed by atoms with Crippen molar-refractivity contribution in [2.75, 3.05) is 7.11 Å². The van der Waals surface area contributed by atoms with Gasteiger partial charge in [-0.15, -0.1) is 0 Å². The first kappa shape index (κ1) is 98.5. The SMILES string of the molecule is CC(C)(C)[CH]=[W]=[N]c1c(Cl)cccc1Cl.CC(C)(C)[CH]=[W]=[N]c1c(Cl)cccc1Cl.CC(C)c1cccc(C(C)C)c1[N]=[Mo]=[CH]C(C)(C)c1ccccc1.COc1cccc(C)c1O.Cc1ccc(C)[n-]1.Cc1ccc(C)[n-]1.Cc1ccc(C)[n-]1.Oc1c(-c2ccccc2)cc(Cl)cc1-c1ccccc1.Oc1cccc2cccnc12. The zero-order chi connectivity index (χ0) is 85.7. The van der Waals surface area contributed by atoms with Gasteiger partial charge in [-0.2, -0.15) is 34.2 Å². The monoisotopic (exact) mass is 2080 g/mol. The number of para-hydroxylation sites is 2. The number of phenols is 3. The fourth-order valence-electron chi connectivity index (χ4n) is 10.3. The number of hydrogen-bond donors (Lipinski definition) is 3. The number of phenolic OH excluding ortho intramolecular Hbond substituents is 3. The number of halogens is 5. The van der Waals surface area contributed by atoms with Crippen LogP contribution in [0.15, 0.2) is 259 Å². The quantitative estimate of drug-likeness (QED) is 0.114. The van der Waals surface area contributed by atoms with E-state index in [0.29, 0.717) is 48.2 Å². The van der Waals surface area contributed by atoms with Gasteiger partial charge >= 0.3 is 374 Å². The van der Waals surface area contributed by atoms with Crippen LogP contribution in [-0.4, -0.2) is 40.6 Å². The third kappa shape index (κ3) is 35.6. The molecule has 116 heavy (non-hydrogen) atoms. The molecule has 13 rings (SSSR count). The Hall–Kier alpha value is -8.05. The van der Waals surface area contributed by atoms with Crippen molar-refractivity contribution < 1.29 is 73.8 Å². The molecule has 0 aliphatic carbocycles. The minimum atomic E-state index is -0.850. The van der Waals surface area contributed by atoms with Gasteiger partial charge in [-0.25, -0.2) is 0 Å². The zero-order valence-corrected chi connectivity index (χ0v) is 81.7. The molecule has 0 radical (unpaired) electrons. The Labute approximate surface area is 738 Å². The first-order chi connectivity index (χ1) is 54.9. The third-order valence-corrected chi connectivity index (χ3v) is 28.1. The van der Waals surface area contributed by atoms with Crippen LogP contribution in [0, 0.1) is 59.3 Å². The number of methoxy groups -OCH3 is 1. The molecular weight excluding hydrogens is 1970 g/mol. The van der Waals surface area contributed by atoms with Crippen LogP contribution in [0.4, 0.5) is 17.1 Å². The van der Waals surface area contributed by atoms with E-state index < -0.39 is 53.8 Å². The van der Waals surface area contributed by atoms with Gasteiger partial charge in [0.25, 0.3) is 0 Å². The molecule has 0 bridgehead atoms. The van der Waals surface area contributed by atoms with Crippen LogP contribution in [0.3, 0.4) is 0 Å². The molecule has 612 valence electrons. The summed E-state index contributed by atoms with van der Waals surface area (Å²) in [5, 5.41) is 33.3. The van der Waals surface area contributed by atoms with E-state index >= 15 is 0 Å². The second-order valence-corrected chi connectivity index (χ2v) is 38.4. The maximum Gasteiger partial charge on any atom is 0.160 e. The molecule has 3 N–H and O–H groups in total. The molecule has 0 saturated carbocycles. The first-order valence-electron chi connectivity index (χ1n) is 37.8. The van der Waals surface area contributed by atoms with Crippen molar-refractivity contribution in [3.63, 3.8) is 0 Å². The maximum atomic E-state index is 10.6. The van der Waals surface area contributed by atoms with Crippen molar-refractivity contribution in [3.05, 3.63) is 330 Å². The number of pyridine rings is 1. The molecule has 0 saturated heterocycles. The number of ether oxygens (including phenoxy) is 1. The Morgan fingerprint density at radius 2 is 0.802 bits per heavy atom. The van der Waals surface area contributed by atoms with Gasteiger partial charge < -0.3 is 35.0 Å². The molecule has 4 aromatic heterocycles. The van der Waals surface area contributed by atoms with Crippen molar-refractivity contribution in [2.24, 2.45) is 21.3 Å². The van der Waals surface area contributed by atoms with Crippen LogP contribution >= 0.6 is 58.0 Å². The average molecular weight is 2080 g/mol. The third-order valence-electron chi connectivity index (χ3n) is 16.4. The second-order valence-electron chi connectivity index (χ2n) is 30.2. The van der Waals surface area contributed by atoms with Crippen LogP contribution in [0.25, 0.3) is 33.2 Å². The van der Waals surface area contributed by atoms with E-state index in [1.807, 2.05) is 212 Å². The Kier molecular flexibility index (Phi) is 42.5. The van der Waals surface area contributed by atoms with E-state index in [-0.39, 0.29) is 33.5 Å². The smallest absolute Gasteiger partial charge is 0.160 e. The summed E-state index contributed by atoms with van der Waals surface area (Å²) in [6.45, 7) is 40.5. The summed E-state index contributed by atoms with van der Waals surface area (Å²) in [7, 11) is 1.54. The number of aryl methyl sites for hydroxylation is 7. The molecule has 0 aliphatic heterocycles. The van der Waals surface area contributed by atoms with Gasteiger partial charge in [-0.3, -0.25) is 4.98 Å². The number of aromatic hydroxyl groups is 3. The predicted octanol–water partition coefficient (Wildman–Crippen LogP) is 28.9. The van der Waals surface area contributed by atoms with Gasteiger partial charge in [0.05, 0.1) is 7.11 Å². The Balaban J connectivity index is 0.000000240. The van der Waals surface area contributed by atoms with Gasteiger partial charge in [0, 0.05) is 27.7 Å². The molecule has 0 spiro atoms. The topological polar surface area (TPSA) is 162 Å². The van der Waals surface area contributed by atoms with Crippen molar-refractivity contribution in [3.8, 4) is 45.3 Å². The van der Waals surface area contributed by atoms with Crippen LogP contribution in [-0.2, 0) is 59.2 Å². The largest absolute Gasteiger partial charge is 0.665 e. The Bertz CT molecular complexity index is 5040. The van der Waals surface area contributed by atoms with Gasteiger partial charge in [0.15, 0.2) is 11.5 Å². The van der Waals surface area contributed by atoms with Crippen LogP contribution in [0.2, 0.25) is 25.1 Å². The Morgan fingerprint density at radius 3 is 1.16 bits per heavy atom. The summed E-state index contributed by atoms with van der Waals surface area (Å²) in [6, 6.07) is 78.0. The van der Waals surface area contributed by atoms with E-state index in [0.717, 1.165) is 78.7 Å². The molecule has 11 nitrogen and oxygen atoms in total. The predicted molar refractivity (Wildman–Crippen MR) is 485 cm³/mol. The number of benzene rings is 9. The van der Waals surface area contributed by atoms with E-state index in [1.54, 1.807) is 36.5 Å². The second kappa shape index (κ2) is 50.0. The van der Waals surface area contributed by atoms with E-state index in [1.165, 1.54) is 29.5 Å². The van der Waals surface area contributed by atoms with Crippen LogP contribution in [0.5, 0.6) is 23.0 Å². The number of rotatable bonds is 10. The van der Waals surface area contributed by atoms with Crippen molar-refractivity contribution in [1.82, 2.24) is 19.9 Å². The van der Waals surface area contributed by atoms with Gasteiger partial charge in [0.2, 0.25) is 0 Å². The van der Waals surface area contributed by atoms with Crippen molar-refractivity contribution in [2.45, 2.75) is 149 Å². The van der Waals surface area contributed by atoms with Gasteiger partial charge in [-0.05, 0) is 53.9 Å². The molecule has 0 unspecified atom stereocenters. The molecule has 13 aromatic rings. The molecule has 0 atom stereocenters. The Morgan fingerprint density at radius 1 is 0.431 bits per heavy atom. The molecule has 0 fully saturated rings. The first-order valence-corrected chi connectivity index (χ1v) is 47.7. The number of hydrogen-bond acceptors (Lipinski definition) is 8. The number of nitrogens with zero attached hydrogens (tertiary/aromatic N) is 7. The molecule has 4 heterocycles. The van der Waals surface area contributed by atoms with E-state index in [9.17, 15) is 15.3 Å². The van der Waals surface area contributed by atoms with Crippen LogP contribution in [0.1, 0.15) is 151 Å². The summed E-state index contributed by atoms with van der Waals surface area (Å²) in [6.07, 6.45) is 1.67. The van der Waals surface area contributed by atoms with Crippen molar-refractivity contribution in [1.29, 1.82) is 0 Å². The number of fused-ring (bicyclic) bond motifs is 1. The fraction of sp³-hybridized carbons (Fsp3) is 0.258. The van der Waals surface area contributed by atoms with Crippen LogP contribution < -0.4 is 19.7 Å².